The van der Waals surface area contributed by atoms with Crippen LogP contribution in [-0.2, 0) is 10.1 Å². The van der Waals surface area contributed by atoms with Crippen LogP contribution >= 0.6 is 12.2 Å². The lowest BCUT2D eigenvalue weighted by Gasteiger charge is -2.11. The molecule has 7 heteroatoms. The zero-order chi connectivity index (χ0) is 11.0. The SMILES string of the molecule is CCCCNC(=S)NCCS(=O)(=O)[O-]. The molecule has 0 radical (unpaired) electrons. The number of hydrogen-bond acceptors (Lipinski definition) is 4. The Bertz CT molecular complexity index is 264. The van der Waals surface area contributed by atoms with Crippen molar-refractivity contribution in [2.45, 2.75) is 19.8 Å². The summed E-state index contributed by atoms with van der Waals surface area (Å²) in [5.41, 5.74) is 0. The molecule has 0 aliphatic heterocycles. The summed E-state index contributed by atoms with van der Waals surface area (Å²) in [4.78, 5) is 0. The third kappa shape index (κ3) is 9.69. The van der Waals surface area contributed by atoms with Crippen molar-refractivity contribution in [3.8, 4) is 0 Å². The third-order valence-electron chi connectivity index (χ3n) is 1.45. The average Bonchev–Trinajstić information content (AvgIpc) is 2.02. The molecule has 0 spiro atoms. The van der Waals surface area contributed by atoms with Gasteiger partial charge in [-0.1, -0.05) is 13.3 Å². The molecule has 14 heavy (non-hydrogen) atoms. The van der Waals surface area contributed by atoms with E-state index in [4.69, 9.17) is 12.2 Å². The van der Waals surface area contributed by atoms with E-state index in [1.54, 1.807) is 0 Å². The number of hydrogen-bond donors (Lipinski definition) is 2. The van der Waals surface area contributed by atoms with Gasteiger partial charge in [0.1, 0.15) is 0 Å². The van der Waals surface area contributed by atoms with Crippen LogP contribution in [0, 0.1) is 0 Å². The van der Waals surface area contributed by atoms with Gasteiger partial charge >= 0.3 is 0 Å². The predicted octanol–water partition coefficient (Wildman–Crippen LogP) is -0.204. The van der Waals surface area contributed by atoms with Crippen molar-refractivity contribution in [1.82, 2.24) is 10.6 Å². The van der Waals surface area contributed by atoms with Gasteiger partial charge in [-0.25, -0.2) is 8.42 Å². The lowest BCUT2D eigenvalue weighted by molar-refractivity contribution is 0.462. The Kier molecular flexibility index (Phi) is 6.77. The lowest BCUT2D eigenvalue weighted by Crippen LogP contribution is -2.38. The molecule has 0 heterocycles. The van der Waals surface area contributed by atoms with Gasteiger partial charge in [0.2, 0.25) is 0 Å². The maximum atomic E-state index is 10.2. The van der Waals surface area contributed by atoms with Gasteiger partial charge in [-0.15, -0.1) is 0 Å². The molecule has 0 amide bonds. The largest absolute Gasteiger partial charge is 0.748 e. The molecule has 0 atom stereocenters. The molecule has 0 unspecified atom stereocenters. The first-order valence-corrected chi connectivity index (χ1v) is 6.39. The molecule has 0 fully saturated rings. The highest BCUT2D eigenvalue weighted by Crippen LogP contribution is 1.83. The van der Waals surface area contributed by atoms with E-state index in [9.17, 15) is 13.0 Å². The summed E-state index contributed by atoms with van der Waals surface area (Å²) in [5, 5.41) is 5.92. The van der Waals surface area contributed by atoms with Gasteiger partial charge < -0.3 is 15.2 Å². The van der Waals surface area contributed by atoms with Gasteiger partial charge in [0.05, 0.1) is 15.9 Å². The van der Waals surface area contributed by atoms with Gasteiger partial charge in [0.15, 0.2) is 5.11 Å². The Labute approximate surface area is 90.0 Å². The Morgan fingerprint density at radius 3 is 2.43 bits per heavy atom. The van der Waals surface area contributed by atoms with Crippen molar-refractivity contribution < 1.29 is 13.0 Å². The molecule has 0 aromatic rings. The molecule has 2 N–H and O–H groups in total. The summed E-state index contributed by atoms with van der Waals surface area (Å²) in [6.45, 7) is 2.87. The second kappa shape index (κ2) is 6.97. The zero-order valence-electron chi connectivity index (χ0n) is 8.08. The van der Waals surface area contributed by atoms with E-state index < -0.39 is 15.9 Å². The highest BCUT2D eigenvalue weighted by molar-refractivity contribution is 7.85. The number of thiocarbonyl (C=S) groups is 1. The highest BCUT2D eigenvalue weighted by atomic mass is 32.2. The molecule has 5 nitrogen and oxygen atoms in total. The van der Waals surface area contributed by atoms with Crippen molar-refractivity contribution >= 4 is 27.4 Å². The quantitative estimate of drug-likeness (QED) is 0.379. The van der Waals surface area contributed by atoms with Crippen LogP contribution in [0.15, 0.2) is 0 Å². The molecule has 0 bridgehead atoms. The molecule has 0 aromatic carbocycles. The fraction of sp³-hybridized carbons (Fsp3) is 0.857. The predicted molar refractivity (Wildman–Crippen MR) is 58.1 cm³/mol. The topological polar surface area (TPSA) is 81.3 Å². The van der Waals surface area contributed by atoms with Crippen LogP contribution in [0.1, 0.15) is 19.8 Å². The van der Waals surface area contributed by atoms with Crippen LogP contribution in [0.25, 0.3) is 0 Å². The van der Waals surface area contributed by atoms with E-state index in [1.807, 2.05) is 0 Å². The molecular weight excluding hydrogens is 224 g/mol. The van der Waals surface area contributed by atoms with Gasteiger partial charge in [0.25, 0.3) is 0 Å². The van der Waals surface area contributed by atoms with Crippen molar-refractivity contribution in [3.63, 3.8) is 0 Å². The summed E-state index contributed by atoms with van der Waals surface area (Å²) in [7, 11) is -4.14. The van der Waals surface area contributed by atoms with Crippen molar-refractivity contribution in [2.75, 3.05) is 18.8 Å². The first-order valence-electron chi connectivity index (χ1n) is 4.41. The summed E-state index contributed by atoms with van der Waals surface area (Å²) >= 11 is 4.84. The van der Waals surface area contributed by atoms with Crippen molar-refractivity contribution in [1.29, 1.82) is 0 Å². The van der Waals surface area contributed by atoms with Crippen LogP contribution in [0.3, 0.4) is 0 Å². The minimum absolute atomic E-state index is 0.0593. The minimum atomic E-state index is -4.14. The Morgan fingerprint density at radius 2 is 1.93 bits per heavy atom. The third-order valence-corrected chi connectivity index (χ3v) is 2.45. The standard InChI is InChI=1S/C7H16N2O3S2/c1-2-3-4-8-7(13)9-5-6-14(10,11)12/h2-6H2,1H3,(H2,8,9,13)(H,10,11,12)/p-1. The van der Waals surface area contributed by atoms with Gasteiger partial charge in [0, 0.05) is 13.1 Å². The van der Waals surface area contributed by atoms with Gasteiger partial charge in [-0.05, 0) is 18.6 Å². The molecule has 0 rings (SSSR count). The van der Waals surface area contributed by atoms with E-state index in [0.29, 0.717) is 5.11 Å². The van der Waals surface area contributed by atoms with Crippen LogP contribution in [0.2, 0.25) is 0 Å². The fourth-order valence-corrected chi connectivity index (χ4v) is 1.29. The molecule has 0 saturated heterocycles. The molecule has 0 aromatic heterocycles. The van der Waals surface area contributed by atoms with Crippen LogP contribution in [0.4, 0.5) is 0 Å². The highest BCUT2D eigenvalue weighted by Gasteiger charge is 1.97. The normalized spacial score (nSPS) is 11.0. The van der Waals surface area contributed by atoms with E-state index in [2.05, 4.69) is 17.6 Å². The average molecular weight is 239 g/mol. The summed E-state index contributed by atoms with van der Waals surface area (Å²) in [5.74, 6) is -0.442. The van der Waals surface area contributed by atoms with Crippen molar-refractivity contribution in [2.24, 2.45) is 0 Å². The molecule has 0 aliphatic carbocycles. The Hall–Kier alpha value is -0.400. The molecule has 0 aliphatic rings. The van der Waals surface area contributed by atoms with E-state index in [1.165, 1.54) is 0 Å². The Morgan fingerprint density at radius 1 is 1.36 bits per heavy atom. The second-order valence-corrected chi connectivity index (χ2v) is 4.73. The van der Waals surface area contributed by atoms with Crippen LogP contribution < -0.4 is 10.6 Å². The summed E-state index contributed by atoms with van der Waals surface area (Å²) in [6, 6.07) is 0. The lowest BCUT2D eigenvalue weighted by atomic mass is 10.3. The van der Waals surface area contributed by atoms with Crippen LogP contribution in [0.5, 0.6) is 0 Å². The van der Waals surface area contributed by atoms with E-state index >= 15 is 0 Å². The molecular formula is C7H15N2O3S2-. The Balaban J connectivity index is 3.45. The molecule has 0 saturated carbocycles. The van der Waals surface area contributed by atoms with Crippen LogP contribution in [-0.4, -0.2) is 36.9 Å². The van der Waals surface area contributed by atoms with Gasteiger partial charge in [-0.3, -0.25) is 0 Å². The van der Waals surface area contributed by atoms with E-state index in [-0.39, 0.29) is 6.54 Å². The monoisotopic (exact) mass is 239 g/mol. The second-order valence-electron chi connectivity index (χ2n) is 2.80. The first kappa shape index (κ1) is 13.6. The number of nitrogens with one attached hydrogen (secondary N) is 2. The number of rotatable bonds is 6. The maximum absolute atomic E-state index is 10.2. The van der Waals surface area contributed by atoms with Crippen molar-refractivity contribution in [3.05, 3.63) is 0 Å². The van der Waals surface area contributed by atoms with Gasteiger partial charge in [-0.2, -0.15) is 0 Å². The molecule has 84 valence electrons. The smallest absolute Gasteiger partial charge is 0.166 e. The minimum Gasteiger partial charge on any atom is -0.748 e. The number of unbranched alkanes of at least 4 members (excludes halogenated alkanes) is 1. The fourth-order valence-electron chi connectivity index (χ4n) is 0.731. The zero-order valence-corrected chi connectivity index (χ0v) is 9.71. The summed E-state index contributed by atoms with van der Waals surface area (Å²) < 4.78 is 30.6. The first-order chi connectivity index (χ1) is 6.45. The van der Waals surface area contributed by atoms with E-state index in [0.717, 1.165) is 19.4 Å². The maximum Gasteiger partial charge on any atom is 0.166 e. The summed E-state index contributed by atoms with van der Waals surface area (Å²) in [6.07, 6.45) is 2.06.